The predicted molar refractivity (Wildman–Crippen MR) is 123 cm³/mol. The van der Waals surface area contributed by atoms with Gasteiger partial charge in [-0.3, -0.25) is 19.5 Å². The number of amides is 1. The van der Waals surface area contributed by atoms with Gasteiger partial charge in [0.05, 0.1) is 24.3 Å². The lowest BCUT2D eigenvalue weighted by atomic mass is 9.94. The molecule has 1 amide bonds. The molecule has 1 unspecified atom stereocenters. The lowest BCUT2D eigenvalue weighted by molar-refractivity contribution is -0.132. The molecule has 2 heterocycles. The van der Waals surface area contributed by atoms with E-state index in [0.717, 1.165) is 16.7 Å². The number of aromatic nitrogens is 1. The Balaban J connectivity index is 1.99. The van der Waals surface area contributed by atoms with E-state index in [4.69, 9.17) is 4.74 Å². The minimum atomic E-state index is -0.800. The summed E-state index contributed by atoms with van der Waals surface area (Å²) in [4.78, 5) is 31.9. The highest BCUT2D eigenvalue weighted by Gasteiger charge is 2.47. The molecule has 6 heteroatoms. The summed E-state index contributed by atoms with van der Waals surface area (Å²) in [5.41, 5.74) is 4.40. The molecule has 1 saturated heterocycles. The highest BCUT2D eigenvalue weighted by molar-refractivity contribution is 6.51. The largest absolute Gasteiger partial charge is 0.507 e. The zero-order valence-electron chi connectivity index (χ0n) is 18.4. The minimum Gasteiger partial charge on any atom is -0.507 e. The number of pyridine rings is 1. The minimum absolute atomic E-state index is 0.0186. The number of aliphatic hydroxyl groups is 1. The summed E-state index contributed by atoms with van der Waals surface area (Å²) in [6, 6.07) is 13.7. The van der Waals surface area contributed by atoms with Crippen molar-refractivity contribution in [1.82, 2.24) is 4.98 Å². The second-order valence-electron chi connectivity index (χ2n) is 7.95. The fourth-order valence-electron chi connectivity index (χ4n) is 4.21. The van der Waals surface area contributed by atoms with Gasteiger partial charge in [0.25, 0.3) is 11.7 Å². The quantitative estimate of drug-likeness (QED) is 0.372. The van der Waals surface area contributed by atoms with Gasteiger partial charge in [0.2, 0.25) is 0 Å². The molecule has 3 aromatic rings. The number of benzene rings is 2. The van der Waals surface area contributed by atoms with Crippen molar-refractivity contribution in [2.75, 3.05) is 12.0 Å². The molecule has 6 nitrogen and oxygen atoms in total. The summed E-state index contributed by atoms with van der Waals surface area (Å²) in [6.45, 7) is 5.72. The number of hydrogen-bond donors (Lipinski definition) is 1. The van der Waals surface area contributed by atoms with Crippen molar-refractivity contribution in [1.29, 1.82) is 0 Å². The Labute approximate surface area is 186 Å². The molecule has 0 bridgehead atoms. The van der Waals surface area contributed by atoms with Crippen LogP contribution in [-0.4, -0.2) is 28.9 Å². The van der Waals surface area contributed by atoms with Crippen LogP contribution in [0.15, 0.2) is 66.5 Å². The van der Waals surface area contributed by atoms with E-state index in [1.807, 2.05) is 39.0 Å². The maximum Gasteiger partial charge on any atom is 0.300 e. The molecule has 1 atom stereocenters. The van der Waals surface area contributed by atoms with Gasteiger partial charge in [-0.2, -0.15) is 0 Å². The van der Waals surface area contributed by atoms with E-state index < -0.39 is 17.7 Å². The number of ketones is 1. The summed E-state index contributed by atoms with van der Waals surface area (Å²) in [5.74, 6) is -1.24. The Morgan fingerprint density at radius 2 is 1.62 bits per heavy atom. The molecule has 1 aliphatic heterocycles. The normalized spacial score (nSPS) is 17.6. The molecule has 1 aromatic heterocycles. The van der Waals surface area contributed by atoms with E-state index in [2.05, 4.69) is 4.98 Å². The van der Waals surface area contributed by atoms with E-state index in [0.29, 0.717) is 22.6 Å². The predicted octanol–water partition coefficient (Wildman–Crippen LogP) is 4.64. The van der Waals surface area contributed by atoms with Crippen LogP contribution in [0.2, 0.25) is 0 Å². The third-order valence-electron chi connectivity index (χ3n) is 5.66. The van der Waals surface area contributed by atoms with Crippen molar-refractivity contribution in [3.63, 3.8) is 0 Å². The Morgan fingerprint density at radius 1 is 0.969 bits per heavy atom. The molecule has 0 radical (unpaired) electrons. The van der Waals surface area contributed by atoms with Crippen molar-refractivity contribution in [3.05, 3.63) is 94.3 Å². The Morgan fingerprint density at radius 3 is 2.25 bits per heavy atom. The zero-order valence-corrected chi connectivity index (χ0v) is 18.4. The van der Waals surface area contributed by atoms with Crippen LogP contribution in [0.5, 0.6) is 5.75 Å². The van der Waals surface area contributed by atoms with Crippen molar-refractivity contribution < 1.29 is 19.4 Å². The number of aryl methyl sites for hydroxylation is 3. The first-order chi connectivity index (χ1) is 15.3. The third kappa shape index (κ3) is 3.54. The van der Waals surface area contributed by atoms with Crippen LogP contribution in [0.25, 0.3) is 5.76 Å². The topological polar surface area (TPSA) is 79.7 Å². The van der Waals surface area contributed by atoms with Crippen LogP contribution in [0.1, 0.15) is 33.9 Å². The average Bonchev–Trinajstić information content (AvgIpc) is 3.04. The molecular formula is C26H24N2O4. The Kier molecular flexibility index (Phi) is 5.53. The fourth-order valence-corrected chi connectivity index (χ4v) is 4.21. The van der Waals surface area contributed by atoms with Gasteiger partial charge in [-0.1, -0.05) is 23.8 Å². The molecule has 0 aliphatic carbocycles. The monoisotopic (exact) mass is 428 g/mol. The number of ether oxygens (including phenoxy) is 1. The summed E-state index contributed by atoms with van der Waals surface area (Å²) >= 11 is 0. The molecule has 1 aliphatic rings. The van der Waals surface area contributed by atoms with Crippen LogP contribution in [0.4, 0.5) is 5.69 Å². The van der Waals surface area contributed by atoms with E-state index in [9.17, 15) is 14.7 Å². The van der Waals surface area contributed by atoms with Crippen molar-refractivity contribution in [2.24, 2.45) is 0 Å². The SMILES string of the molecule is COc1c(C)cc(C)cc1/C(O)=C1\C(=O)C(=O)N(c2ccc(C)cc2)C1c1ccncc1. The van der Waals surface area contributed by atoms with Crippen molar-refractivity contribution in [3.8, 4) is 5.75 Å². The van der Waals surface area contributed by atoms with Gasteiger partial charge >= 0.3 is 0 Å². The van der Waals surface area contributed by atoms with Crippen molar-refractivity contribution in [2.45, 2.75) is 26.8 Å². The number of nitrogens with zero attached hydrogens (tertiary/aromatic N) is 2. The lowest BCUT2D eigenvalue weighted by Crippen LogP contribution is -2.29. The van der Waals surface area contributed by atoms with Gasteiger partial charge in [0, 0.05) is 18.1 Å². The van der Waals surface area contributed by atoms with E-state index >= 15 is 0 Å². The molecule has 1 N–H and O–H groups in total. The number of Topliss-reactive ketones (excluding diaryl/α,β-unsaturated/α-hetero) is 1. The van der Waals surface area contributed by atoms with Gasteiger partial charge < -0.3 is 9.84 Å². The van der Waals surface area contributed by atoms with Crippen LogP contribution in [0, 0.1) is 20.8 Å². The number of rotatable bonds is 4. The summed E-state index contributed by atoms with van der Waals surface area (Å²) < 4.78 is 5.53. The highest BCUT2D eigenvalue weighted by atomic mass is 16.5. The van der Waals surface area contributed by atoms with Gasteiger partial charge in [0.15, 0.2) is 0 Å². The molecule has 2 aromatic carbocycles. The first-order valence-electron chi connectivity index (χ1n) is 10.3. The summed E-state index contributed by atoms with van der Waals surface area (Å²) in [6.07, 6.45) is 3.20. The Bertz CT molecular complexity index is 1230. The molecule has 162 valence electrons. The first-order valence-corrected chi connectivity index (χ1v) is 10.3. The smallest absolute Gasteiger partial charge is 0.300 e. The average molecular weight is 428 g/mol. The number of methoxy groups -OCH3 is 1. The zero-order chi connectivity index (χ0) is 23.0. The number of hydrogen-bond acceptors (Lipinski definition) is 5. The highest BCUT2D eigenvalue weighted by Crippen LogP contribution is 2.43. The number of aliphatic hydroxyl groups excluding tert-OH is 1. The number of carbonyl (C=O) groups is 2. The van der Waals surface area contributed by atoms with Gasteiger partial charge in [-0.25, -0.2) is 0 Å². The number of carbonyl (C=O) groups excluding carboxylic acids is 2. The third-order valence-corrected chi connectivity index (χ3v) is 5.66. The molecule has 0 spiro atoms. The van der Waals surface area contributed by atoms with Gasteiger partial charge in [-0.15, -0.1) is 0 Å². The standard InChI is InChI=1S/C26H24N2O4/c1-15-5-7-19(8-6-15)28-22(18-9-11-27-12-10-18)21(24(30)26(28)31)23(29)20-14-16(2)13-17(3)25(20)32-4/h5-14,22,29H,1-4H3/b23-21+. The maximum atomic E-state index is 13.3. The second kappa shape index (κ2) is 8.30. The fraction of sp³-hybridized carbons (Fsp3) is 0.192. The molecule has 1 fully saturated rings. The van der Waals surface area contributed by atoms with Crippen LogP contribution in [0.3, 0.4) is 0 Å². The van der Waals surface area contributed by atoms with E-state index in [1.165, 1.54) is 12.0 Å². The molecule has 4 rings (SSSR count). The first kappa shape index (κ1) is 21.3. The second-order valence-corrected chi connectivity index (χ2v) is 7.95. The molecular weight excluding hydrogens is 404 g/mol. The summed E-state index contributed by atoms with van der Waals surface area (Å²) in [7, 11) is 1.51. The maximum absolute atomic E-state index is 13.3. The van der Waals surface area contributed by atoms with E-state index in [-0.39, 0.29) is 11.3 Å². The van der Waals surface area contributed by atoms with Crippen LogP contribution < -0.4 is 9.64 Å². The molecule has 32 heavy (non-hydrogen) atoms. The molecule has 0 saturated carbocycles. The van der Waals surface area contributed by atoms with E-state index in [1.54, 1.807) is 42.7 Å². The number of anilines is 1. The lowest BCUT2D eigenvalue weighted by Gasteiger charge is -2.25. The Hall–Kier alpha value is -3.93. The van der Waals surface area contributed by atoms with Crippen LogP contribution in [-0.2, 0) is 9.59 Å². The van der Waals surface area contributed by atoms with Gasteiger partial charge in [0.1, 0.15) is 11.5 Å². The van der Waals surface area contributed by atoms with Crippen molar-refractivity contribution >= 4 is 23.1 Å². The van der Waals surface area contributed by atoms with Crippen LogP contribution >= 0.6 is 0 Å². The summed E-state index contributed by atoms with van der Waals surface area (Å²) in [5, 5.41) is 11.4. The van der Waals surface area contributed by atoms with Gasteiger partial charge in [-0.05, 0) is 67.8 Å².